The first-order chi connectivity index (χ1) is 7.74. The molecular formula is C12H16N2OS. The first kappa shape index (κ1) is 11.2. The normalized spacial score (nSPS) is 10.7. The molecule has 0 radical (unpaired) electrons. The molecule has 1 aromatic heterocycles. The van der Waals surface area contributed by atoms with Crippen LogP contribution in [0, 0.1) is 6.92 Å². The van der Waals surface area contributed by atoms with E-state index >= 15 is 0 Å². The van der Waals surface area contributed by atoms with Crippen LogP contribution in [0.15, 0.2) is 12.1 Å². The van der Waals surface area contributed by atoms with Crippen molar-refractivity contribution in [2.75, 3.05) is 18.5 Å². The van der Waals surface area contributed by atoms with Gasteiger partial charge in [0, 0.05) is 6.54 Å². The van der Waals surface area contributed by atoms with E-state index in [0.29, 0.717) is 6.61 Å². The first-order valence-electron chi connectivity index (χ1n) is 5.52. The molecule has 1 heterocycles. The summed E-state index contributed by atoms with van der Waals surface area (Å²) in [6.45, 7) is 7.72. The van der Waals surface area contributed by atoms with Crippen LogP contribution in [0.25, 0.3) is 10.2 Å². The van der Waals surface area contributed by atoms with Crippen molar-refractivity contribution in [3.8, 4) is 5.75 Å². The van der Waals surface area contributed by atoms with Crippen LogP contribution < -0.4 is 10.1 Å². The minimum atomic E-state index is 0.700. The molecule has 1 aromatic carbocycles. The molecule has 2 aromatic rings. The molecule has 2 rings (SSSR count). The summed E-state index contributed by atoms with van der Waals surface area (Å²) in [7, 11) is 0. The summed E-state index contributed by atoms with van der Waals surface area (Å²) in [6, 6.07) is 4.16. The molecule has 0 unspecified atom stereocenters. The van der Waals surface area contributed by atoms with Crippen LogP contribution in [0.3, 0.4) is 0 Å². The molecule has 4 heteroatoms. The number of fused-ring (bicyclic) bond motifs is 1. The fourth-order valence-electron chi connectivity index (χ4n) is 1.60. The summed E-state index contributed by atoms with van der Waals surface area (Å²) in [5.74, 6) is 0.960. The second-order valence-electron chi connectivity index (χ2n) is 3.57. The predicted molar refractivity (Wildman–Crippen MR) is 69.7 cm³/mol. The maximum absolute atomic E-state index is 5.57. The van der Waals surface area contributed by atoms with Gasteiger partial charge < -0.3 is 10.1 Å². The van der Waals surface area contributed by atoms with E-state index < -0.39 is 0 Å². The lowest BCUT2D eigenvalue weighted by Gasteiger charge is -2.05. The molecule has 16 heavy (non-hydrogen) atoms. The number of ether oxygens (including phenoxy) is 1. The number of benzene rings is 1. The Kier molecular flexibility index (Phi) is 3.29. The van der Waals surface area contributed by atoms with Gasteiger partial charge in [-0.3, -0.25) is 0 Å². The third-order valence-electron chi connectivity index (χ3n) is 2.31. The van der Waals surface area contributed by atoms with Crippen LogP contribution in [0.4, 0.5) is 5.13 Å². The van der Waals surface area contributed by atoms with E-state index in [1.165, 1.54) is 4.70 Å². The molecule has 0 spiro atoms. The number of hydrogen-bond donors (Lipinski definition) is 1. The van der Waals surface area contributed by atoms with Crippen molar-refractivity contribution in [1.82, 2.24) is 4.98 Å². The lowest BCUT2D eigenvalue weighted by Crippen LogP contribution is -1.94. The Morgan fingerprint density at radius 1 is 1.38 bits per heavy atom. The van der Waals surface area contributed by atoms with E-state index in [4.69, 9.17) is 4.74 Å². The molecular weight excluding hydrogens is 220 g/mol. The highest BCUT2D eigenvalue weighted by atomic mass is 32.1. The maximum atomic E-state index is 5.57. The SMILES string of the molecule is CCNc1nc2cc(C)c(OCC)cc2s1. The molecule has 0 fully saturated rings. The number of rotatable bonds is 4. The lowest BCUT2D eigenvalue weighted by atomic mass is 10.2. The summed E-state index contributed by atoms with van der Waals surface area (Å²) >= 11 is 1.67. The monoisotopic (exact) mass is 236 g/mol. The van der Waals surface area contributed by atoms with Gasteiger partial charge in [-0.1, -0.05) is 11.3 Å². The Labute approximate surface area is 99.5 Å². The molecule has 0 atom stereocenters. The highest BCUT2D eigenvalue weighted by Gasteiger charge is 2.07. The van der Waals surface area contributed by atoms with Crippen LogP contribution >= 0.6 is 11.3 Å². The molecule has 86 valence electrons. The first-order valence-corrected chi connectivity index (χ1v) is 6.34. The van der Waals surface area contributed by atoms with Gasteiger partial charge in [0.25, 0.3) is 0 Å². The van der Waals surface area contributed by atoms with E-state index in [0.717, 1.165) is 28.5 Å². The molecule has 0 bridgehead atoms. The lowest BCUT2D eigenvalue weighted by molar-refractivity contribution is 0.338. The molecule has 0 saturated heterocycles. The zero-order chi connectivity index (χ0) is 11.5. The summed E-state index contributed by atoms with van der Waals surface area (Å²) in [5, 5.41) is 4.21. The average Bonchev–Trinajstić information content (AvgIpc) is 2.61. The fourth-order valence-corrected chi connectivity index (χ4v) is 2.54. The van der Waals surface area contributed by atoms with E-state index in [1.54, 1.807) is 11.3 Å². The van der Waals surface area contributed by atoms with Crippen molar-refractivity contribution in [1.29, 1.82) is 0 Å². The van der Waals surface area contributed by atoms with E-state index in [9.17, 15) is 0 Å². The van der Waals surface area contributed by atoms with Gasteiger partial charge in [0.15, 0.2) is 5.13 Å². The van der Waals surface area contributed by atoms with Crippen LogP contribution in [-0.4, -0.2) is 18.1 Å². The van der Waals surface area contributed by atoms with E-state index in [-0.39, 0.29) is 0 Å². The van der Waals surface area contributed by atoms with Crippen LogP contribution in [-0.2, 0) is 0 Å². The number of hydrogen-bond acceptors (Lipinski definition) is 4. The maximum Gasteiger partial charge on any atom is 0.183 e. The minimum absolute atomic E-state index is 0.700. The number of nitrogens with one attached hydrogen (secondary N) is 1. The zero-order valence-corrected chi connectivity index (χ0v) is 10.6. The van der Waals surface area contributed by atoms with Gasteiger partial charge in [0.1, 0.15) is 5.75 Å². The predicted octanol–water partition coefficient (Wildman–Crippen LogP) is 3.44. The van der Waals surface area contributed by atoms with Crippen molar-refractivity contribution in [2.45, 2.75) is 20.8 Å². The van der Waals surface area contributed by atoms with Gasteiger partial charge in [0.2, 0.25) is 0 Å². The van der Waals surface area contributed by atoms with Gasteiger partial charge >= 0.3 is 0 Å². The fraction of sp³-hybridized carbons (Fsp3) is 0.417. The molecule has 1 N–H and O–H groups in total. The Morgan fingerprint density at radius 2 is 2.19 bits per heavy atom. The van der Waals surface area contributed by atoms with Crippen LogP contribution in [0.1, 0.15) is 19.4 Å². The quantitative estimate of drug-likeness (QED) is 0.883. The molecule has 0 aliphatic carbocycles. The summed E-state index contributed by atoms with van der Waals surface area (Å²) in [5.41, 5.74) is 2.18. The number of aryl methyl sites for hydroxylation is 1. The van der Waals surface area contributed by atoms with Gasteiger partial charge in [-0.2, -0.15) is 0 Å². The molecule has 0 saturated carbocycles. The van der Waals surface area contributed by atoms with E-state index in [2.05, 4.69) is 36.3 Å². The Bertz CT molecular complexity index is 493. The van der Waals surface area contributed by atoms with E-state index in [1.807, 2.05) is 6.92 Å². The number of thiazole rings is 1. The zero-order valence-electron chi connectivity index (χ0n) is 9.83. The minimum Gasteiger partial charge on any atom is -0.494 e. The number of aromatic nitrogens is 1. The van der Waals surface area contributed by atoms with Crippen molar-refractivity contribution in [3.63, 3.8) is 0 Å². The van der Waals surface area contributed by atoms with Crippen molar-refractivity contribution < 1.29 is 4.74 Å². The highest BCUT2D eigenvalue weighted by molar-refractivity contribution is 7.22. The molecule has 3 nitrogen and oxygen atoms in total. The second-order valence-corrected chi connectivity index (χ2v) is 4.60. The number of anilines is 1. The average molecular weight is 236 g/mol. The molecule has 0 aliphatic heterocycles. The summed E-state index contributed by atoms with van der Waals surface area (Å²) in [6.07, 6.45) is 0. The Morgan fingerprint density at radius 3 is 2.88 bits per heavy atom. The standard InChI is InChI=1S/C12H16N2OS/c1-4-13-12-14-9-6-8(3)10(15-5-2)7-11(9)16-12/h6-7H,4-5H2,1-3H3,(H,13,14). The topological polar surface area (TPSA) is 34.2 Å². The third kappa shape index (κ3) is 2.11. The largest absolute Gasteiger partial charge is 0.494 e. The second kappa shape index (κ2) is 4.70. The van der Waals surface area contributed by atoms with Crippen molar-refractivity contribution in [2.24, 2.45) is 0 Å². The van der Waals surface area contributed by atoms with Gasteiger partial charge in [0.05, 0.1) is 16.8 Å². The smallest absolute Gasteiger partial charge is 0.183 e. The van der Waals surface area contributed by atoms with Crippen molar-refractivity contribution in [3.05, 3.63) is 17.7 Å². The summed E-state index contributed by atoms with van der Waals surface area (Å²) in [4.78, 5) is 4.52. The van der Waals surface area contributed by atoms with Crippen LogP contribution in [0.5, 0.6) is 5.75 Å². The number of nitrogens with zero attached hydrogens (tertiary/aromatic N) is 1. The molecule has 0 amide bonds. The Balaban J connectivity index is 2.43. The van der Waals surface area contributed by atoms with Gasteiger partial charge in [-0.25, -0.2) is 4.98 Å². The Hall–Kier alpha value is -1.29. The van der Waals surface area contributed by atoms with Gasteiger partial charge in [-0.15, -0.1) is 0 Å². The highest BCUT2D eigenvalue weighted by Crippen LogP contribution is 2.31. The molecule has 0 aliphatic rings. The third-order valence-corrected chi connectivity index (χ3v) is 3.29. The van der Waals surface area contributed by atoms with Crippen molar-refractivity contribution >= 4 is 26.7 Å². The van der Waals surface area contributed by atoms with Gasteiger partial charge in [-0.05, 0) is 38.5 Å². The van der Waals surface area contributed by atoms with Crippen LogP contribution in [0.2, 0.25) is 0 Å². The summed E-state index contributed by atoms with van der Waals surface area (Å²) < 4.78 is 6.74.